The first kappa shape index (κ1) is 27.0. The van der Waals surface area contributed by atoms with Gasteiger partial charge in [-0.15, -0.1) is 0 Å². The van der Waals surface area contributed by atoms with Crippen LogP contribution in [0, 0.1) is 17.8 Å². The van der Waals surface area contributed by atoms with Crippen LogP contribution >= 0.6 is 11.6 Å². The van der Waals surface area contributed by atoms with Crippen LogP contribution in [0.4, 0.5) is 5.69 Å². The molecule has 0 amide bonds. The standard InChI is InChI=1S/C26H32ClNO6S/c1-17(2)21-12-10-18(3)14-24(21)34-25(29)16-33-26(30)22-15-20(11-13-23(22)27)35(31,32)28(4)19-8-6-5-7-9-19/h5-9,11,13,15,17-18,21,24H,10,12,14,16H2,1-4H3. The highest BCUT2D eigenvalue weighted by atomic mass is 35.5. The molecule has 7 nitrogen and oxygen atoms in total. The van der Waals surface area contributed by atoms with Gasteiger partial charge in [0, 0.05) is 7.05 Å². The Morgan fingerprint density at radius 2 is 1.80 bits per heavy atom. The summed E-state index contributed by atoms with van der Waals surface area (Å²) in [5.41, 5.74) is 0.319. The summed E-state index contributed by atoms with van der Waals surface area (Å²) in [6, 6.07) is 12.3. The first-order valence-electron chi connectivity index (χ1n) is 11.7. The van der Waals surface area contributed by atoms with Gasteiger partial charge in [0.2, 0.25) is 0 Å². The van der Waals surface area contributed by atoms with Gasteiger partial charge in [-0.25, -0.2) is 18.0 Å². The number of nitrogens with zero attached hydrogens (tertiary/aromatic N) is 1. The Bertz CT molecular complexity index is 1150. The zero-order valence-electron chi connectivity index (χ0n) is 20.4. The fourth-order valence-corrected chi connectivity index (χ4v) is 5.83. The van der Waals surface area contributed by atoms with Crippen molar-refractivity contribution in [2.75, 3.05) is 18.0 Å². The number of benzene rings is 2. The van der Waals surface area contributed by atoms with Gasteiger partial charge in [-0.1, -0.05) is 57.0 Å². The normalized spacial score (nSPS) is 20.3. The molecular weight excluding hydrogens is 490 g/mol. The number of sulfonamides is 1. The van der Waals surface area contributed by atoms with E-state index in [1.165, 1.54) is 19.2 Å². The van der Waals surface area contributed by atoms with E-state index in [2.05, 4.69) is 20.8 Å². The second-order valence-electron chi connectivity index (χ2n) is 9.38. The molecular formula is C26H32ClNO6S. The van der Waals surface area contributed by atoms with Crippen LogP contribution in [0.3, 0.4) is 0 Å². The molecule has 0 heterocycles. The molecule has 0 bridgehead atoms. The van der Waals surface area contributed by atoms with Crippen LogP contribution in [0.25, 0.3) is 0 Å². The van der Waals surface area contributed by atoms with Crippen LogP contribution in [-0.2, 0) is 24.3 Å². The number of esters is 2. The Labute approximate surface area is 212 Å². The number of halogens is 1. The molecule has 2 aromatic carbocycles. The summed E-state index contributed by atoms with van der Waals surface area (Å²) in [7, 11) is -2.54. The number of carbonyl (C=O) groups is 2. The highest BCUT2D eigenvalue weighted by Crippen LogP contribution is 2.35. The third-order valence-electron chi connectivity index (χ3n) is 6.50. The second-order valence-corrected chi connectivity index (χ2v) is 11.8. The van der Waals surface area contributed by atoms with Crippen molar-refractivity contribution in [1.29, 1.82) is 0 Å². The average molecular weight is 522 g/mol. The van der Waals surface area contributed by atoms with Crippen LogP contribution in [0.1, 0.15) is 50.4 Å². The van der Waals surface area contributed by atoms with Crippen molar-refractivity contribution in [3.8, 4) is 0 Å². The molecule has 1 fully saturated rings. The molecule has 35 heavy (non-hydrogen) atoms. The number of anilines is 1. The van der Waals surface area contributed by atoms with E-state index in [-0.39, 0.29) is 27.5 Å². The van der Waals surface area contributed by atoms with E-state index in [1.54, 1.807) is 30.3 Å². The van der Waals surface area contributed by atoms with Crippen molar-refractivity contribution in [2.45, 2.75) is 51.0 Å². The zero-order chi connectivity index (χ0) is 25.8. The van der Waals surface area contributed by atoms with Gasteiger partial charge in [-0.2, -0.15) is 0 Å². The number of carbonyl (C=O) groups excluding carboxylic acids is 2. The molecule has 9 heteroatoms. The van der Waals surface area contributed by atoms with Crippen LogP contribution in [0.2, 0.25) is 5.02 Å². The van der Waals surface area contributed by atoms with Gasteiger partial charge in [0.25, 0.3) is 10.0 Å². The number of hydrogen-bond acceptors (Lipinski definition) is 6. The number of para-hydroxylation sites is 1. The van der Waals surface area contributed by atoms with Gasteiger partial charge in [0.15, 0.2) is 6.61 Å². The molecule has 0 aliphatic heterocycles. The molecule has 190 valence electrons. The molecule has 3 unspecified atom stereocenters. The minimum atomic E-state index is -3.96. The molecule has 2 aromatic rings. The average Bonchev–Trinajstić information content (AvgIpc) is 2.82. The molecule has 1 aliphatic carbocycles. The molecule has 1 saturated carbocycles. The predicted molar refractivity (Wildman–Crippen MR) is 135 cm³/mol. The monoisotopic (exact) mass is 521 g/mol. The zero-order valence-corrected chi connectivity index (χ0v) is 22.0. The topological polar surface area (TPSA) is 90.0 Å². The van der Waals surface area contributed by atoms with Crippen molar-refractivity contribution in [3.05, 3.63) is 59.1 Å². The molecule has 0 aromatic heterocycles. The number of ether oxygens (including phenoxy) is 2. The maximum Gasteiger partial charge on any atom is 0.344 e. The molecule has 3 rings (SSSR count). The minimum Gasteiger partial charge on any atom is -0.460 e. The van der Waals surface area contributed by atoms with Crippen molar-refractivity contribution < 1.29 is 27.5 Å². The van der Waals surface area contributed by atoms with Crippen LogP contribution in [0.5, 0.6) is 0 Å². The summed E-state index contributed by atoms with van der Waals surface area (Å²) in [6.07, 6.45) is 2.66. The van der Waals surface area contributed by atoms with Gasteiger partial charge in [0.05, 0.1) is 21.2 Å². The van der Waals surface area contributed by atoms with Crippen molar-refractivity contribution in [2.24, 2.45) is 17.8 Å². The summed E-state index contributed by atoms with van der Waals surface area (Å²) in [5.74, 6) is -0.428. The smallest absolute Gasteiger partial charge is 0.344 e. The highest BCUT2D eigenvalue weighted by molar-refractivity contribution is 7.92. The maximum atomic E-state index is 13.1. The fourth-order valence-electron chi connectivity index (χ4n) is 4.41. The number of rotatable bonds is 8. The van der Waals surface area contributed by atoms with Gasteiger partial charge in [-0.05, 0) is 60.9 Å². The SMILES string of the molecule is CC1CCC(C(C)C)C(OC(=O)COC(=O)c2cc(S(=O)(=O)N(C)c3ccccc3)ccc2Cl)C1. The third kappa shape index (κ3) is 6.55. The lowest BCUT2D eigenvalue weighted by Crippen LogP contribution is -2.36. The Kier molecular flexibility index (Phi) is 8.83. The first-order valence-corrected chi connectivity index (χ1v) is 13.5. The van der Waals surface area contributed by atoms with E-state index in [0.29, 0.717) is 17.5 Å². The van der Waals surface area contributed by atoms with Crippen LogP contribution in [0.15, 0.2) is 53.4 Å². The summed E-state index contributed by atoms with van der Waals surface area (Å²) in [4.78, 5) is 25.0. The molecule has 0 N–H and O–H groups in total. The van der Waals surface area contributed by atoms with Gasteiger partial charge in [0.1, 0.15) is 6.10 Å². The van der Waals surface area contributed by atoms with Gasteiger partial charge < -0.3 is 9.47 Å². The van der Waals surface area contributed by atoms with E-state index in [1.807, 2.05) is 0 Å². The Hall–Kier alpha value is -2.58. The summed E-state index contributed by atoms with van der Waals surface area (Å²) in [5, 5.41) is 0.0191. The van der Waals surface area contributed by atoms with Crippen LogP contribution in [-0.4, -0.2) is 40.1 Å². The Balaban J connectivity index is 1.68. The fraction of sp³-hybridized carbons (Fsp3) is 0.462. The quantitative estimate of drug-likeness (QED) is 0.436. The minimum absolute atomic E-state index is 0.0191. The lowest BCUT2D eigenvalue weighted by molar-refractivity contribution is -0.159. The first-order chi connectivity index (χ1) is 16.5. The molecule has 1 aliphatic rings. The lowest BCUT2D eigenvalue weighted by Gasteiger charge is -2.36. The molecule has 0 spiro atoms. The van der Waals surface area contributed by atoms with E-state index in [4.69, 9.17) is 21.1 Å². The van der Waals surface area contributed by atoms with Crippen molar-refractivity contribution in [1.82, 2.24) is 0 Å². The third-order valence-corrected chi connectivity index (χ3v) is 8.61. The predicted octanol–water partition coefficient (Wildman–Crippen LogP) is 5.33. The van der Waals surface area contributed by atoms with E-state index >= 15 is 0 Å². The van der Waals surface area contributed by atoms with E-state index in [0.717, 1.165) is 29.6 Å². The molecule has 0 saturated heterocycles. The van der Waals surface area contributed by atoms with Crippen molar-refractivity contribution in [3.63, 3.8) is 0 Å². The summed E-state index contributed by atoms with van der Waals surface area (Å²) >= 11 is 6.15. The number of hydrogen-bond donors (Lipinski definition) is 0. The highest BCUT2D eigenvalue weighted by Gasteiger charge is 2.33. The van der Waals surface area contributed by atoms with Gasteiger partial charge >= 0.3 is 11.9 Å². The lowest BCUT2D eigenvalue weighted by atomic mass is 9.75. The van der Waals surface area contributed by atoms with Crippen LogP contribution < -0.4 is 4.31 Å². The van der Waals surface area contributed by atoms with E-state index in [9.17, 15) is 18.0 Å². The Morgan fingerprint density at radius 3 is 2.46 bits per heavy atom. The van der Waals surface area contributed by atoms with Crippen molar-refractivity contribution >= 4 is 39.3 Å². The Morgan fingerprint density at radius 1 is 1.11 bits per heavy atom. The largest absolute Gasteiger partial charge is 0.460 e. The van der Waals surface area contributed by atoms with Gasteiger partial charge in [-0.3, -0.25) is 4.31 Å². The second kappa shape index (κ2) is 11.4. The molecule has 3 atom stereocenters. The summed E-state index contributed by atoms with van der Waals surface area (Å²) in [6.45, 7) is 5.78. The summed E-state index contributed by atoms with van der Waals surface area (Å²) < 4.78 is 38.1. The van der Waals surface area contributed by atoms with E-state index < -0.39 is 28.6 Å². The maximum absolute atomic E-state index is 13.1. The molecule has 0 radical (unpaired) electrons.